The number of hydrogen-bond donors (Lipinski definition) is 1. The molecule has 0 aromatic heterocycles. The summed E-state index contributed by atoms with van der Waals surface area (Å²) in [4.78, 5) is 0. The van der Waals surface area contributed by atoms with E-state index < -0.39 is 0 Å². The van der Waals surface area contributed by atoms with Crippen LogP contribution in [0.4, 0.5) is 0 Å². The fourth-order valence-corrected chi connectivity index (χ4v) is 1.41. The molecule has 0 heterocycles. The zero-order valence-electron chi connectivity index (χ0n) is 6.88. The summed E-state index contributed by atoms with van der Waals surface area (Å²) in [5.74, 6) is 1.52. The van der Waals surface area contributed by atoms with Crippen molar-refractivity contribution in [3.63, 3.8) is 0 Å². The first-order chi connectivity index (χ1) is 5.77. The highest BCUT2D eigenvalue weighted by molar-refractivity contribution is 7.79. The van der Waals surface area contributed by atoms with Crippen LogP contribution in [0.3, 0.4) is 0 Å². The topological polar surface area (TPSA) is 9.23 Å². The van der Waals surface area contributed by atoms with E-state index in [9.17, 15) is 0 Å². The zero-order valence-corrected chi connectivity index (χ0v) is 8.53. The van der Waals surface area contributed by atoms with E-state index >= 15 is 0 Å². The minimum atomic E-state index is 0.649. The lowest BCUT2D eigenvalue weighted by Crippen LogP contribution is -1.94. The van der Waals surface area contributed by atoms with E-state index in [1.54, 1.807) is 0 Å². The number of rotatable bonds is 3. The van der Waals surface area contributed by atoms with Gasteiger partial charge in [-0.1, -0.05) is 11.6 Å². The maximum absolute atomic E-state index is 5.81. The quantitative estimate of drug-likeness (QED) is 0.741. The van der Waals surface area contributed by atoms with Crippen molar-refractivity contribution in [3.05, 3.63) is 28.8 Å². The van der Waals surface area contributed by atoms with Crippen LogP contribution in [0.1, 0.15) is 12.5 Å². The summed E-state index contributed by atoms with van der Waals surface area (Å²) < 4.78 is 5.38. The van der Waals surface area contributed by atoms with Crippen molar-refractivity contribution < 1.29 is 4.74 Å². The van der Waals surface area contributed by atoms with Crippen molar-refractivity contribution in [3.8, 4) is 5.75 Å². The molecule has 0 atom stereocenters. The average Bonchev–Trinajstić information content (AvgIpc) is 2.08. The van der Waals surface area contributed by atoms with Crippen molar-refractivity contribution in [2.75, 3.05) is 6.61 Å². The largest absolute Gasteiger partial charge is 0.494 e. The van der Waals surface area contributed by atoms with Crippen LogP contribution in [-0.2, 0) is 5.75 Å². The van der Waals surface area contributed by atoms with E-state index in [0.717, 1.165) is 16.3 Å². The second-order valence-corrected chi connectivity index (χ2v) is 3.10. The Bertz CT molecular complexity index is 263. The standard InChI is InChI=1S/C9H11ClOS/c1-2-11-9-4-3-8(10)5-7(9)6-12/h3-5,12H,2,6H2,1H3. The molecule has 12 heavy (non-hydrogen) atoms. The predicted molar refractivity (Wildman–Crippen MR) is 55.3 cm³/mol. The molecule has 0 aliphatic rings. The van der Waals surface area contributed by atoms with Gasteiger partial charge in [0.05, 0.1) is 6.61 Å². The summed E-state index contributed by atoms with van der Waals surface area (Å²) in [5, 5.41) is 0.725. The van der Waals surface area contributed by atoms with Gasteiger partial charge in [-0.25, -0.2) is 0 Å². The first kappa shape index (κ1) is 9.75. The Balaban J connectivity index is 2.94. The van der Waals surface area contributed by atoms with Crippen molar-refractivity contribution in [2.24, 2.45) is 0 Å². The molecular formula is C9H11ClOS. The maximum atomic E-state index is 5.81. The van der Waals surface area contributed by atoms with Crippen molar-refractivity contribution >= 4 is 24.2 Å². The first-order valence-corrected chi connectivity index (χ1v) is 4.81. The smallest absolute Gasteiger partial charge is 0.123 e. The molecule has 1 rings (SSSR count). The van der Waals surface area contributed by atoms with Gasteiger partial charge in [-0.2, -0.15) is 12.6 Å². The highest BCUT2D eigenvalue weighted by Crippen LogP contribution is 2.24. The van der Waals surface area contributed by atoms with Gasteiger partial charge < -0.3 is 4.74 Å². The molecule has 0 radical (unpaired) electrons. The lowest BCUT2D eigenvalue weighted by Gasteiger charge is -2.07. The molecule has 0 saturated carbocycles. The van der Waals surface area contributed by atoms with Crippen LogP contribution in [0.2, 0.25) is 5.02 Å². The van der Waals surface area contributed by atoms with Crippen LogP contribution in [0.25, 0.3) is 0 Å². The molecule has 0 aliphatic heterocycles. The molecule has 3 heteroatoms. The highest BCUT2D eigenvalue weighted by atomic mass is 35.5. The summed E-state index contributed by atoms with van der Waals surface area (Å²) in [7, 11) is 0. The summed E-state index contributed by atoms with van der Waals surface area (Å²) >= 11 is 9.99. The van der Waals surface area contributed by atoms with Crippen LogP contribution >= 0.6 is 24.2 Å². The van der Waals surface area contributed by atoms with Crippen LogP contribution in [-0.4, -0.2) is 6.61 Å². The van der Waals surface area contributed by atoms with Gasteiger partial charge in [-0.05, 0) is 25.1 Å². The summed E-state index contributed by atoms with van der Waals surface area (Å²) in [6.07, 6.45) is 0. The number of ether oxygens (including phenoxy) is 1. The summed E-state index contributed by atoms with van der Waals surface area (Å²) in [6.45, 7) is 2.62. The van der Waals surface area contributed by atoms with E-state index in [2.05, 4.69) is 12.6 Å². The third kappa shape index (κ3) is 2.32. The third-order valence-corrected chi connectivity index (χ3v) is 2.07. The first-order valence-electron chi connectivity index (χ1n) is 3.80. The highest BCUT2D eigenvalue weighted by Gasteiger charge is 2.01. The van der Waals surface area contributed by atoms with Crippen LogP contribution in [0.5, 0.6) is 5.75 Å². The Labute approximate surface area is 83.1 Å². The monoisotopic (exact) mass is 202 g/mol. The van der Waals surface area contributed by atoms with Crippen molar-refractivity contribution in [1.29, 1.82) is 0 Å². The second-order valence-electron chi connectivity index (χ2n) is 2.34. The molecule has 66 valence electrons. The summed E-state index contributed by atoms with van der Waals surface area (Å²) in [5.41, 5.74) is 1.03. The zero-order chi connectivity index (χ0) is 8.97. The normalized spacial score (nSPS) is 9.92. The van der Waals surface area contributed by atoms with E-state index in [0.29, 0.717) is 12.4 Å². The Kier molecular flexibility index (Phi) is 3.76. The molecule has 0 fully saturated rings. The predicted octanol–water partition coefficient (Wildman–Crippen LogP) is 3.17. The second kappa shape index (κ2) is 4.63. The lowest BCUT2D eigenvalue weighted by atomic mass is 10.2. The molecule has 1 nitrogen and oxygen atoms in total. The van der Waals surface area contributed by atoms with Gasteiger partial charge in [0, 0.05) is 16.3 Å². The van der Waals surface area contributed by atoms with Gasteiger partial charge in [0.15, 0.2) is 0 Å². The van der Waals surface area contributed by atoms with Crippen molar-refractivity contribution in [2.45, 2.75) is 12.7 Å². The molecule has 0 bridgehead atoms. The van der Waals surface area contributed by atoms with Gasteiger partial charge >= 0.3 is 0 Å². The Morgan fingerprint density at radius 2 is 2.25 bits per heavy atom. The number of benzene rings is 1. The maximum Gasteiger partial charge on any atom is 0.123 e. The number of thiol groups is 1. The molecule has 0 unspecified atom stereocenters. The van der Waals surface area contributed by atoms with Gasteiger partial charge in [-0.15, -0.1) is 0 Å². The molecule has 0 saturated heterocycles. The van der Waals surface area contributed by atoms with E-state index in [1.165, 1.54) is 0 Å². The minimum absolute atomic E-state index is 0.649. The van der Waals surface area contributed by atoms with E-state index in [1.807, 2.05) is 25.1 Å². The Hall–Kier alpha value is -0.340. The fourth-order valence-electron chi connectivity index (χ4n) is 0.968. The lowest BCUT2D eigenvalue weighted by molar-refractivity contribution is 0.337. The van der Waals surface area contributed by atoms with E-state index in [4.69, 9.17) is 16.3 Å². The Morgan fingerprint density at radius 3 is 2.83 bits per heavy atom. The van der Waals surface area contributed by atoms with Crippen LogP contribution in [0.15, 0.2) is 18.2 Å². The molecule has 1 aromatic carbocycles. The van der Waals surface area contributed by atoms with Crippen LogP contribution < -0.4 is 4.74 Å². The Morgan fingerprint density at radius 1 is 1.50 bits per heavy atom. The SMILES string of the molecule is CCOc1ccc(Cl)cc1CS. The summed E-state index contributed by atoms with van der Waals surface area (Å²) in [6, 6.07) is 5.57. The fraction of sp³-hybridized carbons (Fsp3) is 0.333. The van der Waals surface area contributed by atoms with Crippen molar-refractivity contribution in [1.82, 2.24) is 0 Å². The van der Waals surface area contributed by atoms with Crippen LogP contribution in [0, 0.1) is 0 Å². The molecular weight excluding hydrogens is 192 g/mol. The third-order valence-electron chi connectivity index (χ3n) is 1.49. The number of hydrogen-bond acceptors (Lipinski definition) is 2. The van der Waals surface area contributed by atoms with Gasteiger partial charge in [-0.3, -0.25) is 0 Å². The van der Waals surface area contributed by atoms with Gasteiger partial charge in [0.1, 0.15) is 5.75 Å². The average molecular weight is 203 g/mol. The molecule has 0 N–H and O–H groups in total. The van der Waals surface area contributed by atoms with E-state index in [-0.39, 0.29) is 0 Å². The van der Waals surface area contributed by atoms with Gasteiger partial charge in [0.2, 0.25) is 0 Å². The number of halogens is 1. The molecule has 0 aliphatic carbocycles. The minimum Gasteiger partial charge on any atom is -0.494 e. The van der Waals surface area contributed by atoms with Gasteiger partial charge in [0.25, 0.3) is 0 Å². The molecule has 0 amide bonds. The molecule has 0 spiro atoms. The molecule has 1 aromatic rings.